The summed E-state index contributed by atoms with van der Waals surface area (Å²) in [4.78, 5) is 7.19. The minimum absolute atomic E-state index is 0.524. The van der Waals surface area contributed by atoms with Gasteiger partial charge in [0, 0.05) is 18.3 Å². The van der Waals surface area contributed by atoms with E-state index >= 15 is 0 Å². The van der Waals surface area contributed by atoms with E-state index in [2.05, 4.69) is 48.3 Å². The Morgan fingerprint density at radius 1 is 1.10 bits per heavy atom. The minimum Gasteiger partial charge on any atom is -0.338 e. The molecule has 1 aliphatic carbocycles. The Morgan fingerprint density at radius 3 is 2.52 bits per heavy atom. The van der Waals surface area contributed by atoms with Gasteiger partial charge in [-0.25, -0.2) is 0 Å². The van der Waals surface area contributed by atoms with Crippen molar-refractivity contribution in [1.29, 1.82) is 0 Å². The number of rotatable bonds is 3. The van der Waals surface area contributed by atoms with Crippen molar-refractivity contribution >= 4 is 11.6 Å². The predicted molar refractivity (Wildman–Crippen MR) is 89.7 cm³/mol. The summed E-state index contributed by atoms with van der Waals surface area (Å²) in [6.07, 6.45) is 5.54. The Morgan fingerprint density at radius 2 is 1.81 bits per heavy atom. The molecule has 1 saturated carbocycles. The molecular formula is C18H27N3. The smallest absolute Gasteiger partial charge is 0.198 e. The first-order valence-corrected chi connectivity index (χ1v) is 8.35. The summed E-state index contributed by atoms with van der Waals surface area (Å²) < 4.78 is 0. The van der Waals surface area contributed by atoms with Crippen LogP contribution < -0.4 is 5.32 Å². The fourth-order valence-electron chi connectivity index (χ4n) is 3.43. The van der Waals surface area contributed by atoms with Gasteiger partial charge in [-0.05, 0) is 43.7 Å². The molecule has 21 heavy (non-hydrogen) atoms. The lowest BCUT2D eigenvalue weighted by Crippen LogP contribution is -2.42. The van der Waals surface area contributed by atoms with Gasteiger partial charge in [0.2, 0.25) is 0 Å². The van der Waals surface area contributed by atoms with Gasteiger partial charge in [-0.1, -0.05) is 38.0 Å². The van der Waals surface area contributed by atoms with Crippen LogP contribution in [0.4, 0.5) is 5.69 Å². The monoisotopic (exact) mass is 285 g/mol. The highest BCUT2D eigenvalue weighted by Gasteiger charge is 2.28. The average Bonchev–Trinajstić information content (AvgIpc) is 2.84. The molecule has 3 heteroatoms. The molecule has 3 rings (SSSR count). The van der Waals surface area contributed by atoms with Crippen LogP contribution in [0.25, 0.3) is 0 Å². The fourth-order valence-corrected chi connectivity index (χ4v) is 3.43. The van der Waals surface area contributed by atoms with E-state index in [0.717, 1.165) is 36.6 Å². The first kappa shape index (κ1) is 14.4. The lowest BCUT2D eigenvalue weighted by atomic mass is 9.83. The van der Waals surface area contributed by atoms with E-state index in [9.17, 15) is 0 Å². The molecule has 1 aliphatic heterocycles. The number of benzene rings is 1. The Kier molecular flexibility index (Phi) is 4.47. The molecule has 1 fully saturated rings. The predicted octanol–water partition coefficient (Wildman–Crippen LogP) is 3.98. The van der Waals surface area contributed by atoms with E-state index < -0.39 is 0 Å². The standard InChI is InChI=1S/C18H27N3/c1-14-8-10-16(11-9-14)13-21-15(2)12-19-18(21)20-17-6-4-3-5-7-17/h3-7,14-16H,8-13H2,1-2H3,(H,19,20)/t14?,15-,16?/m0/s1. The van der Waals surface area contributed by atoms with E-state index in [1.807, 2.05) is 6.07 Å². The molecule has 1 aromatic carbocycles. The molecule has 1 atom stereocenters. The van der Waals surface area contributed by atoms with E-state index in [0.29, 0.717) is 6.04 Å². The molecule has 0 aromatic heterocycles. The van der Waals surface area contributed by atoms with Crippen molar-refractivity contribution < 1.29 is 0 Å². The summed E-state index contributed by atoms with van der Waals surface area (Å²) in [5, 5.41) is 3.50. The lowest BCUT2D eigenvalue weighted by Gasteiger charge is -2.33. The van der Waals surface area contributed by atoms with E-state index in [4.69, 9.17) is 4.99 Å². The zero-order chi connectivity index (χ0) is 14.7. The number of anilines is 1. The molecule has 0 amide bonds. The summed E-state index contributed by atoms with van der Waals surface area (Å²) in [5.74, 6) is 2.82. The number of nitrogens with one attached hydrogen (secondary N) is 1. The van der Waals surface area contributed by atoms with Crippen LogP contribution in [0.5, 0.6) is 0 Å². The van der Waals surface area contributed by atoms with Crippen LogP contribution in [-0.2, 0) is 0 Å². The third kappa shape index (κ3) is 3.58. The molecule has 1 aromatic rings. The van der Waals surface area contributed by atoms with Gasteiger partial charge in [-0.2, -0.15) is 0 Å². The maximum atomic E-state index is 4.71. The number of para-hydroxylation sites is 1. The van der Waals surface area contributed by atoms with Gasteiger partial charge in [-0.3, -0.25) is 4.99 Å². The quantitative estimate of drug-likeness (QED) is 0.909. The maximum Gasteiger partial charge on any atom is 0.198 e. The zero-order valence-corrected chi connectivity index (χ0v) is 13.3. The van der Waals surface area contributed by atoms with Gasteiger partial charge >= 0.3 is 0 Å². The highest BCUT2D eigenvalue weighted by Crippen LogP contribution is 2.30. The molecule has 2 aliphatic rings. The van der Waals surface area contributed by atoms with Crippen LogP contribution in [0.3, 0.4) is 0 Å². The first-order valence-electron chi connectivity index (χ1n) is 8.35. The zero-order valence-electron chi connectivity index (χ0n) is 13.3. The van der Waals surface area contributed by atoms with Crippen molar-refractivity contribution in [2.24, 2.45) is 16.8 Å². The Labute approximate surface area is 128 Å². The summed E-state index contributed by atoms with van der Waals surface area (Å²) in [6.45, 7) is 6.75. The number of hydrogen-bond donors (Lipinski definition) is 1. The molecule has 114 valence electrons. The highest BCUT2D eigenvalue weighted by molar-refractivity contribution is 5.94. The largest absolute Gasteiger partial charge is 0.338 e. The van der Waals surface area contributed by atoms with Crippen molar-refractivity contribution in [3.05, 3.63) is 30.3 Å². The van der Waals surface area contributed by atoms with Gasteiger partial charge < -0.3 is 10.2 Å². The van der Waals surface area contributed by atoms with Gasteiger partial charge in [0.1, 0.15) is 0 Å². The van der Waals surface area contributed by atoms with Crippen molar-refractivity contribution in [1.82, 2.24) is 4.90 Å². The van der Waals surface area contributed by atoms with Crippen LogP contribution >= 0.6 is 0 Å². The van der Waals surface area contributed by atoms with Crippen LogP contribution in [0.2, 0.25) is 0 Å². The Hall–Kier alpha value is -1.51. The van der Waals surface area contributed by atoms with Crippen LogP contribution in [0.1, 0.15) is 39.5 Å². The van der Waals surface area contributed by atoms with Crippen LogP contribution in [-0.4, -0.2) is 30.0 Å². The normalized spacial score (nSPS) is 29.3. The van der Waals surface area contributed by atoms with Crippen LogP contribution in [0, 0.1) is 11.8 Å². The van der Waals surface area contributed by atoms with Gasteiger partial charge in [-0.15, -0.1) is 0 Å². The Bertz CT molecular complexity index is 474. The van der Waals surface area contributed by atoms with Crippen molar-refractivity contribution in [2.45, 2.75) is 45.6 Å². The van der Waals surface area contributed by atoms with Crippen molar-refractivity contribution in [3.8, 4) is 0 Å². The number of nitrogens with zero attached hydrogens (tertiary/aromatic N) is 2. The molecule has 0 spiro atoms. The van der Waals surface area contributed by atoms with Gasteiger partial charge in [0.25, 0.3) is 0 Å². The highest BCUT2D eigenvalue weighted by atomic mass is 15.4. The molecule has 0 saturated heterocycles. The number of hydrogen-bond acceptors (Lipinski definition) is 3. The molecule has 3 nitrogen and oxygen atoms in total. The second-order valence-corrected chi connectivity index (χ2v) is 6.78. The van der Waals surface area contributed by atoms with Gasteiger partial charge in [0.05, 0.1) is 6.54 Å². The lowest BCUT2D eigenvalue weighted by molar-refractivity contribution is 0.224. The third-order valence-corrected chi connectivity index (χ3v) is 4.93. The van der Waals surface area contributed by atoms with Crippen molar-refractivity contribution in [2.75, 3.05) is 18.4 Å². The topological polar surface area (TPSA) is 27.6 Å². The molecule has 0 bridgehead atoms. The molecular weight excluding hydrogens is 258 g/mol. The molecule has 0 unspecified atom stereocenters. The summed E-state index contributed by atoms with van der Waals surface area (Å²) in [7, 11) is 0. The Balaban J connectivity index is 1.61. The average molecular weight is 285 g/mol. The van der Waals surface area contributed by atoms with E-state index in [1.165, 1.54) is 25.7 Å². The van der Waals surface area contributed by atoms with Gasteiger partial charge in [0.15, 0.2) is 5.96 Å². The molecule has 0 radical (unpaired) electrons. The van der Waals surface area contributed by atoms with Crippen molar-refractivity contribution in [3.63, 3.8) is 0 Å². The summed E-state index contributed by atoms with van der Waals surface area (Å²) >= 11 is 0. The third-order valence-electron chi connectivity index (χ3n) is 4.93. The van der Waals surface area contributed by atoms with Crippen LogP contribution in [0.15, 0.2) is 35.3 Å². The van der Waals surface area contributed by atoms with E-state index in [-0.39, 0.29) is 0 Å². The molecule has 1 N–H and O–H groups in total. The summed E-state index contributed by atoms with van der Waals surface area (Å²) in [6, 6.07) is 10.9. The fraction of sp³-hybridized carbons (Fsp3) is 0.611. The second kappa shape index (κ2) is 6.50. The van der Waals surface area contributed by atoms with E-state index in [1.54, 1.807) is 0 Å². The summed E-state index contributed by atoms with van der Waals surface area (Å²) in [5.41, 5.74) is 1.13. The second-order valence-electron chi connectivity index (χ2n) is 6.78. The number of guanidine groups is 1. The minimum atomic E-state index is 0.524. The SMILES string of the molecule is CC1CCC(CN2C(Nc3ccccc3)=NC[C@@H]2C)CC1. The molecule has 1 heterocycles. The number of aliphatic imine (C=N–C) groups is 1. The first-order chi connectivity index (χ1) is 10.2. The maximum absolute atomic E-state index is 4.71.